The van der Waals surface area contributed by atoms with E-state index in [9.17, 15) is 4.79 Å². The van der Waals surface area contributed by atoms with Gasteiger partial charge in [0.05, 0.1) is 5.52 Å². The predicted octanol–water partition coefficient (Wildman–Crippen LogP) is 6.49. The molecule has 0 aliphatic heterocycles. The molecule has 0 bridgehead atoms. The molecular formula is C31H43N5O. The van der Waals surface area contributed by atoms with Gasteiger partial charge in [-0.15, -0.1) is 0 Å². The van der Waals surface area contributed by atoms with Crippen molar-refractivity contribution < 1.29 is 4.79 Å². The Hall–Kier alpha value is -2.99. The van der Waals surface area contributed by atoms with Gasteiger partial charge in [0, 0.05) is 30.0 Å². The molecule has 1 saturated carbocycles. The van der Waals surface area contributed by atoms with Crippen molar-refractivity contribution in [3.05, 3.63) is 59.2 Å². The highest BCUT2D eigenvalue weighted by atomic mass is 16.1. The fourth-order valence-corrected chi connectivity index (χ4v) is 5.55. The zero-order valence-corrected chi connectivity index (χ0v) is 23.0. The van der Waals surface area contributed by atoms with E-state index in [1.54, 1.807) is 0 Å². The second-order valence-electron chi connectivity index (χ2n) is 10.5. The molecule has 1 aliphatic rings. The van der Waals surface area contributed by atoms with Crippen molar-refractivity contribution >= 4 is 28.5 Å². The maximum absolute atomic E-state index is 12.8. The van der Waals surface area contributed by atoms with E-state index in [0.717, 1.165) is 87.1 Å². The van der Waals surface area contributed by atoms with Crippen molar-refractivity contribution in [3.63, 3.8) is 0 Å². The number of aryl methyl sites for hydroxylation is 2. The number of hydrogen-bond acceptors (Lipinski definition) is 6. The lowest BCUT2D eigenvalue weighted by Gasteiger charge is -2.28. The summed E-state index contributed by atoms with van der Waals surface area (Å²) in [5.41, 5.74) is 4.25. The normalized spacial score (nSPS) is 17.8. The summed E-state index contributed by atoms with van der Waals surface area (Å²) in [5, 5.41) is 8.23. The second-order valence-corrected chi connectivity index (χ2v) is 10.5. The first kappa shape index (κ1) is 27.1. The summed E-state index contributed by atoms with van der Waals surface area (Å²) in [7, 11) is 0. The van der Waals surface area contributed by atoms with E-state index in [1.807, 2.05) is 30.3 Å². The molecule has 1 aliphatic carbocycles. The third kappa shape index (κ3) is 7.07. The van der Waals surface area contributed by atoms with Crippen molar-refractivity contribution in [3.8, 4) is 0 Å². The summed E-state index contributed by atoms with van der Waals surface area (Å²) in [6.07, 6.45) is 5.09. The topological polar surface area (TPSA) is 70.2 Å². The molecule has 198 valence electrons. The van der Waals surface area contributed by atoms with Crippen molar-refractivity contribution in [2.75, 3.05) is 43.4 Å². The molecule has 0 amide bonds. The van der Waals surface area contributed by atoms with Gasteiger partial charge in [-0.25, -0.2) is 4.98 Å². The average molecular weight is 502 g/mol. The molecule has 0 atom stereocenters. The molecule has 2 aromatic carbocycles. The number of carbonyl (C=O) groups is 1. The molecule has 4 rings (SSSR count). The summed E-state index contributed by atoms with van der Waals surface area (Å²) >= 11 is 0. The first-order valence-corrected chi connectivity index (χ1v) is 14.1. The molecule has 1 fully saturated rings. The fraction of sp³-hybridized carbons (Fsp3) is 0.516. The lowest BCUT2D eigenvalue weighted by Crippen LogP contribution is -2.26. The van der Waals surface area contributed by atoms with E-state index >= 15 is 0 Å². The van der Waals surface area contributed by atoms with Gasteiger partial charge in [-0.2, -0.15) is 4.98 Å². The Bertz CT molecular complexity index is 1170. The number of anilines is 2. The van der Waals surface area contributed by atoms with Crippen LogP contribution in [0, 0.1) is 25.7 Å². The summed E-state index contributed by atoms with van der Waals surface area (Å²) in [5.74, 6) is 2.58. The van der Waals surface area contributed by atoms with E-state index in [0.29, 0.717) is 17.6 Å². The molecule has 2 N–H and O–H groups in total. The zero-order valence-electron chi connectivity index (χ0n) is 23.0. The maximum Gasteiger partial charge on any atom is 0.225 e. The Morgan fingerprint density at radius 3 is 2.41 bits per heavy atom. The lowest BCUT2D eigenvalue weighted by molar-refractivity contribution is 0.0874. The van der Waals surface area contributed by atoms with Crippen LogP contribution in [-0.2, 0) is 0 Å². The highest BCUT2D eigenvalue weighted by Crippen LogP contribution is 2.32. The SMILES string of the molecule is CCN(CC)CCCNc1nc(NCC2CCC(C(=O)c3ccccc3)CC2)nc2c(C)cc(C)cc12. The van der Waals surface area contributed by atoms with Crippen molar-refractivity contribution in [2.45, 2.75) is 59.8 Å². The first-order chi connectivity index (χ1) is 18.0. The lowest BCUT2D eigenvalue weighted by atomic mass is 9.78. The summed E-state index contributed by atoms with van der Waals surface area (Å²) in [6, 6.07) is 14.1. The predicted molar refractivity (Wildman–Crippen MR) is 155 cm³/mol. The Labute approximate surface area is 222 Å². The van der Waals surface area contributed by atoms with E-state index in [2.05, 4.69) is 55.4 Å². The van der Waals surface area contributed by atoms with Crippen LogP contribution in [0.2, 0.25) is 0 Å². The van der Waals surface area contributed by atoms with Gasteiger partial charge < -0.3 is 15.5 Å². The molecule has 0 unspecified atom stereocenters. The third-order valence-corrected chi connectivity index (χ3v) is 7.80. The molecule has 0 saturated heterocycles. The van der Waals surface area contributed by atoms with Crippen LogP contribution >= 0.6 is 0 Å². The van der Waals surface area contributed by atoms with Crippen LogP contribution in [0.15, 0.2) is 42.5 Å². The van der Waals surface area contributed by atoms with Crippen LogP contribution in [0.3, 0.4) is 0 Å². The number of Topliss-reactive ketones (excluding diaryl/α,β-unsaturated/α-hetero) is 1. The second kappa shape index (κ2) is 13.0. The number of fused-ring (bicyclic) bond motifs is 1. The van der Waals surface area contributed by atoms with Gasteiger partial charge >= 0.3 is 0 Å². The fourth-order valence-electron chi connectivity index (χ4n) is 5.55. The first-order valence-electron chi connectivity index (χ1n) is 14.1. The van der Waals surface area contributed by atoms with Crippen LogP contribution in [0.4, 0.5) is 11.8 Å². The molecule has 37 heavy (non-hydrogen) atoms. The van der Waals surface area contributed by atoms with E-state index in [1.165, 1.54) is 11.1 Å². The van der Waals surface area contributed by atoms with Crippen molar-refractivity contribution in [1.29, 1.82) is 0 Å². The maximum atomic E-state index is 12.8. The van der Waals surface area contributed by atoms with E-state index < -0.39 is 0 Å². The smallest absolute Gasteiger partial charge is 0.225 e. The third-order valence-electron chi connectivity index (χ3n) is 7.80. The summed E-state index contributed by atoms with van der Waals surface area (Å²) in [4.78, 5) is 25.1. The number of nitrogens with one attached hydrogen (secondary N) is 2. The van der Waals surface area contributed by atoms with Crippen LogP contribution in [-0.4, -0.2) is 53.4 Å². The minimum atomic E-state index is 0.147. The Morgan fingerprint density at radius 2 is 1.70 bits per heavy atom. The molecule has 0 spiro atoms. The molecular weight excluding hydrogens is 458 g/mol. The molecule has 1 aromatic heterocycles. The minimum Gasteiger partial charge on any atom is -0.369 e. The number of benzene rings is 2. The van der Waals surface area contributed by atoms with Gasteiger partial charge in [0.15, 0.2) is 5.78 Å². The summed E-state index contributed by atoms with van der Waals surface area (Å²) in [6.45, 7) is 13.7. The monoisotopic (exact) mass is 501 g/mol. The van der Waals surface area contributed by atoms with Crippen molar-refractivity contribution in [2.24, 2.45) is 11.8 Å². The Morgan fingerprint density at radius 1 is 0.973 bits per heavy atom. The van der Waals surface area contributed by atoms with Crippen LogP contribution < -0.4 is 10.6 Å². The number of aromatic nitrogens is 2. The average Bonchev–Trinajstić information content (AvgIpc) is 2.92. The zero-order chi connectivity index (χ0) is 26.2. The minimum absolute atomic E-state index is 0.147. The highest BCUT2D eigenvalue weighted by molar-refractivity contribution is 5.97. The van der Waals surface area contributed by atoms with Gasteiger partial charge in [0.2, 0.25) is 5.95 Å². The van der Waals surface area contributed by atoms with Crippen LogP contribution in [0.25, 0.3) is 10.9 Å². The quantitative estimate of drug-likeness (QED) is 0.218. The molecule has 3 aromatic rings. The largest absolute Gasteiger partial charge is 0.369 e. The van der Waals surface area contributed by atoms with E-state index in [4.69, 9.17) is 9.97 Å². The number of rotatable bonds is 12. The number of ketones is 1. The van der Waals surface area contributed by atoms with Crippen LogP contribution in [0.5, 0.6) is 0 Å². The Balaban J connectivity index is 1.38. The number of hydrogen-bond donors (Lipinski definition) is 2. The highest BCUT2D eigenvalue weighted by Gasteiger charge is 2.27. The molecule has 6 nitrogen and oxygen atoms in total. The van der Waals surface area contributed by atoms with Gasteiger partial charge in [-0.05, 0) is 88.7 Å². The van der Waals surface area contributed by atoms with Gasteiger partial charge in [0.1, 0.15) is 5.82 Å². The Kier molecular flexibility index (Phi) is 9.51. The summed E-state index contributed by atoms with van der Waals surface area (Å²) < 4.78 is 0. The van der Waals surface area contributed by atoms with Gasteiger partial charge in [0.25, 0.3) is 0 Å². The number of carbonyl (C=O) groups excluding carboxylic acids is 1. The molecule has 6 heteroatoms. The number of nitrogens with zero attached hydrogens (tertiary/aromatic N) is 3. The molecule has 1 heterocycles. The van der Waals surface area contributed by atoms with E-state index in [-0.39, 0.29) is 5.92 Å². The van der Waals surface area contributed by atoms with Crippen LogP contribution in [0.1, 0.15) is 67.4 Å². The van der Waals surface area contributed by atoms with Gasteiger partial charge in [-0.3, -0.25) is 4.79 Å². The molecule has 0 radical (unpaired) electrons. The standard InChI is InChI=1S/C31H43N5O/c1-5-36(6-2)18-10-17-32-30-27-20-22(3)19-23(4)28(27)34-31(35-30)33-21-24-13-15-26(16-14-24)29(37)25-11-8-7-9-12-25/h7-9,11-12,19-20,24,26H,5-6,10,13-18,21H2,1-4H3,(H2,32,33,34,35). The van der Waals surface area contributed by atoms with Crippen molar-refractivity contribution in [1.82, 2.24) is 14.9 Å². The van der Waals surface area contributed by atoms with Gasteiger partial charge in [-0.1, -0.05) is 50.2 Å².